The first kappa shape index (κ1) is 12.2. The van der Waals surface area contributed by atoms with Gasteiger partial charge in [0, 0.05) is 6.54 Å². The molecule has 1 aromatic rings. The van der Waals surface area contributed by atoms with Crippen LogP contribution in [0.5, 0.6) is 0 Å². The Morgan fingerprint density at radius 3 is 2.47 bits per heavy atom. The van der Waals surface area contributed by atoms with Crippen LogP contribution >= 0.6 is 0 Å². The number of ether oxygens (including phenoxy) is 1. The molecule has 0 saturated carbocycles. The molecule has 0 spiro atoms. The Labute approximate surface area is 92.6 Å². The van der Waals surface area contributed by atoms with E-state index in [0.717, 1.165) is 13.1 Å². The van der Waals surface area contributed by atoms with E-state index in [4.69, 9.17) is 4.74 Å². The molecule has 2 atom stereocenters. The fourth-order valence-electron chi connectivity index (χ4n) is 1.55. The number of rotatable bonds is 6. The van der Waals surface area contributed by atoms with E-state index < -0.39 is 0 Å². The molecule has 0 aliphatic carbocycles. The fourth-order valence-corrected chi connectivity index (χ4v) is 1.55. The monoisotopic (exact) mass is 207 g/mol. The van der Waals surface area contributed by atoms with Crippen LogP contribution in [0.2, 0.25) is 0 Å². The van der Waals surface area contributed by atoms with E-state index in [2.05, 4.69) is 38.2 Å². The summed E-state index contributed by atoms with van der Waals surface area (Å²) in [6.07, 6.45) is 0.417. The van der Waals surface area contributed by atoms with Gasteiger partial charge in [0.1, 0.15) is 0 Å². The maximum atomic E-state index is 5.88. The molecule has 1 aromatic carbocycles. The molecule has 84 valence electrons. The summed E-state index contributed by atoms with van der Waals surface area (Å²) in [6, 6.07) is 10.3. The van der Waals surface area contributed by atoms with Gasteiger partial charge in [0.25, 0.3) is 0 Å². The van der Waals surface area contributed by atoms with Crippen molar-refractivity contribution >= 4 is 0 Å². The summed E-state index contributed by atoms with van der Waals surface area (Å²) in [5.41, 5.74) is 1.24. The molecule has 2 nitrogen and oxygen atoms in total. The van der Waals surface area contributed by atoms with Crippen LogP contribution in [0.1, 0.15) is 32.4 Å². The predicted molar refractivity (Wildman–Crippen MR) is 63.9 cm³/mol. The van der Waals surface area contributed by atoms with Crippen molar-refractivity contribution in [2.45, 2.75) is 33.0 Å². The molecule has 2 heteroatoms. The van der Waals surface area contributed by atoms with Crippen LogP contribution in [-0.2, 0) is 4.74 Å². The third-order valence-electron chi connectivity index (χ3n) is 2.39. The second-order valence-electron chi connectivity index (χ2n) is 3.81. The van der Waals surface area contributed by atoms with Crippen LogP contribution in [0, 0.1) is 0 Å². The summed E-state index contributed by atoms with van der Waals surface area (Å²) in [4.78, 5) is 0. The van der Waals surface area contributed by atoms with Crippen molar-refractivity contribution in [2.75, 3.05) is 13.1 Å². The van der Waals surface area contributed by atoms with Crippen LogP contribution in [0.4, 0.5) is 0 Å². The van der Waals surface area contributed by atoms with Crippen LogP contribution in [-0.4, -0.2) is 19.2 Å². The minimum absolute atomic E-state index is 0.167. The Bertz CT molecular complexity index is 260. The number of hydrogen-bond donors (Lipinski definition) is 1. The van der Waals surface area contributed by atoms with Gasteiger partial charge in [-0.2, -0.15) is 0 Å². The number of likely N-dealkylation sites (N-methyl/N-ethyl adjacent to an activating group) is 1. The Morgan fingerprint density at radius 1 is 1.20 bits per heavy atom. The minimum atomic E-state index is 0.167. The van der Waals surface area contributed by atoms with Crippen LogP contribution in [0.15, 0.2) is 30.3 Å². The first-order chi connectivity index (χ1) is 7.24. The van der Waals surface area contributed by atoms with E-state index >= 15 is 0 Å². The van der Waals surface area contributed by atoms with Gasteiger partial charge in [-0.25, -0.2) is 0 Å². The van der Waals surface area contributed by atoms with Crippen molar-refractivity contribution in [3.63, 3.8) is 0 Å². The topological polar surface area (TPSA) is 21.3 Å². The number of benzene rings is 1. The van der Waals surface area contributed by atoms with E-state index in [1.807, 2.05) is 18.2 Å². The van der Waals surface area contributed by atoms with Crippen molar-refractivity contribution in [3.8, 4) is 0 Å². The molecule has 0 amide bonds. The lowest BCUT2D eigenvalue weighted by atomic mass is 10.1. The molecule has 0 bridgehead atoms. The van der Waals surface area contributed by atoms with Gasteiger partial charge in [-0.3, -0.25) is 0 Å². The molecular formula is C13H21NO. The second kappa shape index (κ2) is 6.59. The molecule has 1 N–H and O–H groups in total. The normalized spacial score (nSPS) is 14.9. The minimum Gasteiger partial charge on any atom is -0.370 e. The molecule has 2 unspecified atom stereocenters. The van der Waals surface area contributed by atoms with Gasteiger partial charge in [-0.15, -0.1) is 0 Å². The smallest absolute Gasteiger partial charge is 0.0801 e. The van der Waals surface area contributed by atoms with Crippen LogP contribution in [0.25, 0.3) is 0 Å². The highest BCUT2D eigenvalue weighted by Crippen LogP contribution is 2.17. The Morgan fingerprint density at radius 2 is 1.87 bits per heavy atom. The maximum Gasteiger partial charge on any atom is 0.0801 e. The first-order valence-corrected chi connectivity index (χ1v) is 5.65. The number of hydrogen-bond acceptors (Lipinski definition) is 2. The Kier molecular flexibility index (Phi) is 5.37. The predicted octanol–water partition coefficient (Wildman–Crippen LogP) is 2.76. The molecule has 0 aliphatic rings. The molecule has 0 aliphatic heterocycles. The van der Waals surface area contributed by atoms with Crippen molar-refractivity contribution in [1.82, 2.24) is 5.32 Å². The maximum absolute atomic E-state index is 5.88. The number of nitrogens with one attached hydrogen (secondary N) is 1. The average Bonchev–Trinajstić information content (AvgIpc) is 2.27. The lowest BCUT2D eigenvalue weighted by molar-refractivity contribution is 0.00818. The molecule has 0 heterocycles. The summed E-state index contributed by atoms with van der Waals surface area (Å²) in [5, 5.41) is 3.28. The zero-order valence-corrected chi connectivity index (χ0v) is 9.86. The van der Waals surface area contributed by atoms with Crippen molar-refractivity contribution < 1.29 is 4.74 Å². The fraction of sp³-hybridized carbons (Fsp3) is 0.538. The largest absolute Gasteiger partial charge is 0.370 e. The lowest BCUT2D eigenvalue weighted by Crippen LogP contribution is -2.27. The highest BCUT2D eigenvalue weighted by molar-refractivity contribution is 5.16. The Hall–Kier alpha value is -0.860. The van der Waals surface area contributed by atoms with Gasteiger partial charge in [0.05, 0.1) is 12.2 Å². The summed E-state index contributed by atoms with van der Waals surface area (Å²) >= 11 is 0. The summed E-state index contributed by atoms with van der Waals surface area (Å²) in [7, 11) is 0. The van der Waals surface area contributed by atoms with E-state index in [1.54, 1.807) is 0 Å². The zero-order chi connectivity index (χ0) is 11.1. The van der Waals surface area contributed by atoms with Gasteiger partial charge in [-0.05, 0) is 26.0 Å². The SMILES string of the molecule is CCNCC(C)OC(C)c1ccccc1. The quantitative estimate of drug-likeness (QED) is 0.774. The van der Waals surface area contributed by atoms with Crippen molar-refractivity contribution in [2.24, 2.45) is 0 Å². The second-order valence-corrected chi connectivity index (χ2v) is 3.81. The molecule has 0 saturated heterocycles. The van der Waals surface area contributed by atoms with Crippen molar-refractivity contribution in [3.05, 3.63) is 35.9 Å². The van der Waals surface area contributed by atoms with Gasteiger partial charge in [0.15, 0.2) is 0 Å². The third-order valence-corrected chi connectivity index (χ3v) is 2.39. The van der Waals surface area contributed by atoms with Gasteiger partial charge < -0.3 is 10.1 Å². The highest BCUT2D eigenvalue weighted by atomic mass is 16.5. The highest BCUT2D eigenvalue weighted by Gasteiger charge is 2.09. The molecule has 15 heavy (non-hydrogen) atoms. The van der Waals surface area contributed by atoms with E-state index in [9.17, 15) is 0 Å². The van der Waals surface area contributed by atoms with E-state index in [-0.39, 0.29) is 12.2 Å². The summed E-state index contributed by atoms with van der Waals surface area (Å²) in [5.74, 6) is 0. The first-order valence-electron chi connectivity index (χ1n) is 5.65. The van der Waals surface area contributed by atoms with Crippen LogP contribution in [0.3, 0.4) is 0 Å². The molecular weight excluding hydrogens is 186 g/mol. The standard InChI is InChI=1S/C13H21NO/c1-4-14-10-11(2)15-12(3)13-8-6-5-7-9-13/h5-9,11-12,14H,4,10H2,1-3H3. The average molecular weight is 207 g/mol. The molecule has 1 rings (SSSR count). The molecule has 0 fully saturated rings. The van der Waals surface area contributed by atoms with E-state index in [1.165, 1.54) is 5.56 Å². The van der Waals surface area contributed by atoms with Gasteiger partial charge in [-0.1, -0.05) is 37.3 Å². The molecule has 0 aromatic heterocycles. The van der Waals surface area contributed by atoms with Gasteiger partial charge in [0.2, 0.25) is 0 Å². The van der Waals surface area contributed by atoms with Crippen molar-refractivity contribution in [1.29, 1.82) is 0 Å². The molecule has 0 radical (unpaired) electrons. The van der Waals surface area contributed by atoms with Gasteiger partial charge >= 0.3 is 0 Å². The summed E-state index contributed by atoms with van der Waals surface area (Å²) < 4.78 is 5.88. The Balaban J connectivity index is 2.38. The van der Waals surface area contributed by atoms with Crippen LogP contribution < -0.4 is 5.32 Å². The zero-order valence-electron chi connectivity index (χ0n) is 9.86. The summed E-state index contributed by atoms with van der Waals surface area (Å²) in [6.45, 7) is 8.20. The third kappa shape index (κ3) is 4.45. The van der Waals surface area contributed by atoms with E-state index in [0.29, 0.717) is 0 Å². The lowest BCUT2D eigenvalue weighted by Gasteiger charge is -2.19.